The minimum absolute atomic E-state index is 0.0571. The van der Waals surface area contributed by atoms with E-state index in [1.807, 2.05) is 6.92 Å². The van der Waals surface area contributed by atoms with E-state index in [1.54, 1.807) is 18.2 Å². The number of halogens is 1. The molecule has 9 heteroatoms. The van der Waals surface area contributed by atoms with Crippen LogP contribution in [0.15, 0.2) is 36.4 Å². The largest absolute Gasteiger partial charge is 0.493 e. The zero-order valence-corrected chi connectivity index (χ0v) is 16.7. The van der Waals surface area contributed by atoms with Crippen molar-refractivity contribution in [2.75, 3.05) is 25.7 Å². The van der Waals surface area contributed by atoms with Crippen molar-refractivity contribution >= 4 is 15.5 Å². The molecule has 0 bridgehead atoms. The van der Waals surface area contributed by atoms with Crippen molar-refractivity contribution in [3.05, 3.63) is 63.5 Å². The topological polar surface area (TPSA) is 95.7 Å². The molecular weight excluding hydrogens is 389 g/mol. The van der Waals surface area contributed by atoms with Crippen molar-refractivity contribution in [3.63, 3.8) is 0 Å². The molecule has 2 aromatic rings. The van der Waals surface area contributed by atoms with Gasteiger partial charge >= 0.3 is 0 Å². The van der Waals surface area contributed by atoms with Crippen LogP contribution < -0.4 is 9.47 Å². The number of hydrogen-bond acceptors (Lipinski definition) is 6. The van der Waals surface area contributed by atoms with Crippen LogP contribution >= 0.6 is 0 Å². The van der Waals surface area contributed by atoms with E-state index < -0.39 is 26.5 Å². The van der Waals surface area contributed by atoms with E-state index in [1.165, 1.54) is 13.2 Å². The summed E-state index contributed by atoms with van der Waals surface area (Å²) in [5.74, 6) is -0.576. The molecule has 0 saturated heterocycles. The van der Waals surface area contributed by atoms with Crippen LogP contribution in [0.4, 0.5) is 10.1 Å². The van der Waals surface area contributed by atoms with Gasteiger partial charge < -0.3 is 9.47 Å². The average Bonchev–Trinajstić information content (AvgIpc) is 2.61. The molecule has 7 nitrogen and oxygen atoms in total. The molecule has 0 aliphatic heterocycles. The van der Waals surface area contributed by atoms with Gasteiger partial charge in [0.1, 0.15) is 15.7 Å². The maximum Gasteiger partial charge on any atom is 0.275 e. The summed E-state index contributed by atoms with van der Waals surface area (Å²) in [6.45, 7) is 2.20. The number of rotatable bonds is 9. The van der Waals surface area contributed by atoms with Crippen LogP contribution in [0, 0.1) is 15.9 Å². The number of nitro benzene ring substituents is 1. The predicted octanol–water partition coefficient (Wildman–Crippen LogP) is 3.51. The van der Waals surface area contributed by atoms with Gasteiger partial charge in [-0.05, 0) is 43.2 Å². The molecule has 2 rings (SSSR count). The van der Waals surface area contributed by atoms with Gasteiger partial charge in [0.2, 0.25) is 0 Å². The van der Waals surface area contributed by atoms with Crippen molar-refractivity contribution < 1.29 is 27.2 Å². The molecule has 0 amide bonds. The van der Waals surface area contributed by atoms with Gasteiger partial charge in [-0.25, -0.2) is 12.8 Å². The number of ether oxygens (including phenoxy) is 2. The molecule has 0 aromatic heterocycles. The van der Waals surface area contributed by atoms with Crippen molar-refractivity contribution in [2.24, 2.45) is 0 Å². The minimum Gasteiger partial charge on any atom is -0.493 e. The Morgan fingerprint density at radius 2 is 1.89 bits per heavy atom. The normalized spacial score (nSPS) is 12.4. The Balaban J connectivity index is 2.50. The third-order valence-corrected chi connectivity index (χ3v) is 5.18. The molecule has 152 valence electrons. The van der Waals surface area contributed by atoms with Crippen LogP contribution in [-0.4, -0.2) is 39.1 Å². The van der Waals surface area contributed by atoms with Crippen LogP contribution in [0.5, 0.6) is 11.5 Å². The molecule has 2 aromatic carbocycles. The van der Waals surface area contributed by atoms with Crippen LogP contribution in [-0.2, 0) is 16.3 Å². The quantitative estimate of drug-likeness (QED) is 0.463. The lowest BCUT2D eigenvalue weighted by Crippen LogP contribution is -2.16. The number of nitro groups is 1. The Morgan fingerprint density at radius 1 is 1.18 bits per heavy atom. The highest BCUT2D eigenvalue weighted by atomic mass is 32.2. The summed E-state index contributed by atoms with van der Waals surface area (Å²) in [6, 6.07) is 8.32. The van der Waals surface area contributed by atoms with Crippen LogP contribution in [0.1, 0.15) is 24.0 Å². The first-order valence-electron chi connectivity index (χ1n) is 8.56. The van der Waals surface area contributed by atoms with E-state index in [-0.39, 0.29) is 23.4 Å². The summed E-state index contributed by atoms with van der Waals surface area (Å²) < 4.78 is 48.1. The smallest absolute Gasteiger partial charge is 0.275 e. The first-order valence-corrected chi connectivity index (χ1v) is 10.6. The lowest BCUT2D eigenvalue weighted by atomic mass is 9.92. The summed E-state index contributed by atoms with van der Waals surface area (Å²) >= 11 is 0. The lowest BCUT2D eigenvalue weighted by Gasteiger charge is -2.19. The van der Waals surface area contributed by atoms with Crippen LogP contribution in [0.3, 0.4) is 0 Å². The summed E-state index contributed by atoms with van der Waals surface area (Å²) in [6.07, 6.45) is 1.16. The number of methoxy groups -OCH3 is 1. The highest BCUT2D eigenvalue weighted by Gasteiger charge is 2.24. The van der Waals surface area contributed by atoms with Gasteiger partial charge in [0.25, 0.3) is 5.69 Å². The first kappa shape index (κ1) is 21.6. The van der Waals surface area contributed by atoms with Gasteiger partial charge in [0.15, 0.2) is 11.5 Å². The van der Waals surface area contributed by atoms with Gasteiger partial charge in [-0.15, -0.1) is 0 Å². The van der Waals surface area contributed by atoms with E-state index in [9.17, 15) is 22.9 Å². The molecule has 0 N–H and O–H groups in total. The zero-order chi connectivity index (χ0) is 20.9. The van der Waals surface area contributed by atoms with Crippen molar-refractivity contribution in [3.8, 4) is 11.5 Å². The van der Waals surface area contributed by atoms with Crippen molar-refractivity contribution in [1.29, 1.82) is 0 Å². The van der Waals surface area contributed by atoms with Gasteiger partial charge in [-0.3, -0.25) is 10.1 Å². The van der Waals surface area contributed by atoms with Gasteiger partial charge in [0.05, 0.1) is 30.5 Å². The standard InChI is InChI=1S/C19H22FNO6S/c1-4-27-19-10-13(6-8-18(19)26-2)15(12-28(3,24)25)9-14-5-7-16(20)11-17(14)21(22)23/h5-8,10-11,15H,4,9,12H2,1-3H3/t15-/m1/s1. The van der Waals surface area contributed by atoms with E-state index in [0.29, 0.717) is 23.7 Å². The molecule has 0 aliphatic rings. The molecule has 0 aliphatic carbocycles. The highest BCUT2D eigenvalue weighted by molar-refractivity contribution is 7.90. The molecule has 0 spiro atoms. The fourth-order valence-corrected chi connectivity index (χ4v) is 4.04. The monoisotopic (exact) mass is 411 g/mol. The average molecular weight is 411 g/mol. The van der Waals surface area contributed by atoms with E-state index in [4.69, 9.17) is 9.47 Å². The molecule has 0 radical (unpaired) electrons. The summed E-state index contributed by atoms with van der Waals surface area (Å²) in [5, 5.41) is 11.3. The Labute approximate surface area is 163 Å². The summed E-state index contributed by atoms with van der Waals surface area (Å²) in [4.78, 5) is 10.6. The second-order valence-electron chi connectivity index (χ2n) is 6.37. The molecule has 0 heterocycles. The van der Waals surface area contributed by atoms with Crippen LogP contribution in [0.2, 0.25) is 0 Å². The van der Waals surface area contributed by atoms with Gasteiger partial charge in [0, 0.05) is 17.7 Å². The summed E-state index contributed by atoms with van der Waals surface area (Å²) in [5.41, 5.74) is 0.513. The molecular formula is C19H22FNO6S. The third kappa shape index (κ3) is 5.66. The van der Waals surface area contributed by atoms with Crippen molar-refractivity contribution in [1.82, 2.24) is 0 Å². The van der Waals surface area contributed by atoms with E-state index in [0.717, 1.165) is 18.4 Å². The van der Waals surface area contributed by atoms with E-state index >= 15 is 0 Å². The molecule has 1 atom stereocenters. The SMILES string of the molecule is CCOc1cc([C@H](Cc2ccc(F)cc2[N+](=O)[O-])CS(C)(=O)=O)ccc1OC. The number of nitrogens with zero attached hydrogens (tertiary/aromatic N) is 1. The third-order valence-electron chi connectivity index (χ3n) is 4.17. The number of benzene rings is 2. The molecule has 0 saturated carbocycles. The second-order valence-corrected chi connectivity index (χ2v) is 8.55. The predicted molar refractivity (Wildman–Crippen MR) is 103 cm³/mol. The second kappa shape index (κ2) is 9.01. The molecule has 0 unspecified atom stereocenters. The molecule has 28 heavy (non-hydrogen) atoms. The fraction of sp³-hybridized carbons (Fsp3) is 0.368. The van der Waals surface area contributed by atoms with E-state index in [2.05, 4.69) is 0 Å². The van der Waals surface area contributed by atoms with Gasteiger partial charge in [-0.2, -0.15) is 0 Å². The Bertz CT molecular complexity index is 961. The Morgan fingerprint density at radius 3 is 2.46 bits per heavy atom. The van der Waals surface area contributed by atoms with Crippen molar-refractivity contribution in [2.45, 2.75) is 19.3 Å². The maximum atomic E-state index is 13.4. The maximum absolute atomic E-state index is 13.4. The Kier molecular flexibility index (Phi) is 6.95. The number of sulfone groups is 1. The fourth-order valence-electron chi connectivity index (χ4n) is 3.00. The number of hydrogen-bond donors (Lipinski definition) is 0. The van der Waals surface area contributed by atoms with Crippen LogP contribution in [0.25, 0.3) is 0 Å². The zero-order valence-electron chi connectivity index (χ0n) is 15.8. The Hall–Kier alpha value is -2.68. The van der Waals surface area contributed by atoms with Gasteiger partial charge in [-0.1, -0.05) is 6.07 Å². The molecule has 0 fully saturated rings. The first-order chi connectivity index (χ1) is 13.1. The highest BCUT2D eigenvalue weighted by Crippen LogP contribution is 2.34. The minimum atomic E-state index is -3.39. The summed E-state index contributed by atoms with van der Waals surface area (Å²) in [7, 11) is -1.90. The lowest BCUT2D eigenvalue weighted by molar-refractivity contribution is -0.385.